The molecule has 50 heavy (non-hydrogen) atoms. The van der Waals surface area contributed by atoms with E-state index in [-0.39, 0.29) is 13.2 Å². The zero-order valence-corrected chi connectivity index (χ0v) is 27.8. The van der Waals surface area contributed by atoms with Gasteiger partial charge in [-0.2, -0.15) is 0 Å². The number of rotatable bonds is 13. The molecule has 0 unspecified atom stereocenters. The van der Waals surface area contributed by atoms with Gasteiger partial charge in [0.1, 0.15) is 36.6 Å². The molecule has 0 spiro atoms. The molecule has 4 aromatic carbocycles. The van der Waals surface area contributed by atoms with Gasteiger partial charge in [-0.3, -0.25) is 0 Å². The maximum atomic E-state index is 13.2. The van der Waals surface area contributed by atoms with E-state index >= 15 is 0 Å². The van der Waals surface area contributed by atoms with Crippen LogP contribution in [0.1, 0.15) is 34.0 Å². The van der Waals surface area contributed by atoms with E-state index in [4.69, 9.17) is 37.9 Å². The molecule has 2 bridgehead atoms. The summed E-state index contributed by atoms with van der Waals surface area (Å²) in [6.07, 6.45) is -8.37. The van der Waals surface area contributed by atoms with Crippen molar-refractivity contribution >= 4 is 5.97 Å². The number of hydrogen-bond donors (Lipinski definition) is 1. The number of esters is 1. The van der Waals surface area contributed by atoms with Gasteiger partial charge in [0.25, 0.3) is 0 Å². The van der Waals surface area contributed by atoms with Gasteiger partial charge in [-0.05, 0) is 35.7 Å². The molecule has 7 rings (SSSR count). The normalized spacial score (nSPS) is 30.5. The first-order chi connectivity index (χ1) is 24.5. The molecule has 3 fully saturated rings. The predicted octanol–water partition coefficient (Wildman–Crippen LogP) is 5.21. The Morgan fingerprint density at radius 1 is 0.640 bits per heavy atom. The van der Waals surface area contributed by atoms with Crippen molar-refractivity contribution in [3.63, 3.8) is 0 Å². The molecule has 0 radical (unpaired) electrons. The van der Waals surface area contributed by atoms with Crippen molar-refractivity contribution in [2.45, 2.75) is 88.2 Å². The van der Waals surface area contributed by atoms with Gasteiger partial charge in [-0.1, -0.05) is 109 Å². The summed E-state index contributed by atoms with van der Waals surface area (Å²) >= 11 is 0. The van der Waals surface area contributed by atoms with Crippen LogP contribution in [-0.2, 0) is 57.7 Å². The summed E-state index contributed by atoms with van der Waals surface area (Å²) < 4.78 is 50.5. The van der Waals surface area contributed by atoms with Gasteiger partial charge in [0.15, 0.2) is 18.7 Å². The number of fused-ring (bicyclic) bond motifs is 2. The molecule has 0 aliphatic carbocycles. The van der Waals surface area contributed by atoms with E-state index in [9.17, 15) is 9.90 Å². The molecular weight excluding hydrogens is 640 g/mol. The fourth-order valence-electron chi connectivity index (χ4n) is 6.54. The summed E-state index contributed by atoms with van der Waals surface area (Å²) in [7, 11) is 0. The van der Waals surface area contributed by atoms with Crippen LogP contribution >= 0.6 is 0 Å². The van der Waals surface area contributed by atoms with E-state index in [0.29, 0.717) is 18.8 Å². The lowest BCUT2D eigenvalue weighted by molar-refractivity contribution is -0.343. The van der Waals surface area contributed by atoms with Crippen LogP contribution in [0, 0.1) is 0 Å². The Morgan fingerprint density at radius 2 is 1.14 bits per heavy atom. The first kappa shape index (κ1) is 34.5. The zero-order valence-electron chi connectivity index (χ0n) is 27.8. The van der Waals surface area contributed by atoms with Crippen LogP contribution < -0.4 is 0 Å². The van der Waals surface area contributed by atoms with Gasteiger partial charge in [-0.25, -0.2) is 4.79 Å². The van der Waals surface area contributed by atoms with Crippen LogP contribution in [0.3, 0.4) is 0 Å². The summed E-state index contributed by atoms with van der Waals surface area (Å²) in [5.74, 6) is -0.548. The topological polar surface area (TPSA) is 111 Å². The minimum absolute atomic E-state index is 0.171. The molecule has 0 aromatic heterocycles. The van der Waals surface area contributed by atoms with Crippen LogP contribution in [0.4, 0.5) is 0 Å². The van der Waals surface area contributed by atoms with Gasteiger partial charge in [0.05, 0.1) is 38.1 Å². The number of benzene rings is 4. The quantitative estimate of drug-likeness (QED) is 0.189. The first-order valence-electron chi connectivity index (χ1n) is 17.0. The molecule has 1 N–H and O–H groups in total. The van der Waals surface area contributed by atoms with Crippen molar-refractivity contribution in [2.24, 2.45) is 0 Å². The third kappa shape index (κ3) is 8.15. The number of ether oxygens (including phenoxy) is 8. The lowest BCUT2D eigenvalue weighted by atomic mass is 9.97. The number of aliphatic hydroxyl groups excluding tert-OH is 1. The fraction of sp³-hybridized carbons (Fsp3) is 0.375. The van der Waals surface area contributed by atoms with Gasteiger partial charge in [0, 0.05) is 0 Å². The minimum Gasteiger partial charge on any atom is -0.453 e. The standard InChI is InChI=1S/C40H42O10/c1-26-33(49-38(42)30-20-12-5-13-21-30)35(43-22-27-14-6-2-7-15-27)32(41)39(47-26)50-34-31-25-46-40(48-31)37(45-24-29-18-10-4-11-19-29)36(34)44-23-28-16-8-3-9-17-28/h2-21,26,31-37,39-41H,22-25H2,1H3/t26-,31+,32+,33-,34+,35-,36-,37+,39+,40+/m0/s1. The predicted molar refractivity (Wildman–Crippen MR) is 181 cm³/mol. The maximum absolute atomic E-state index is 13.2. The molecule has 262 valence electrons. The number of carbonyl (C=O) groups is 1. The van der Waals surface area contributed by atoms with E-state index < -0.39 is 67.4 Å². The molecule has 4 aromatic rings. The van der Waals surface area contributed by atoms with E-state index in [1.165, 1.54) is 0 Å². The Balaban J connectivity index is 1.13. The molecule has 10 atom stereocenters. The highest BCUT2D eigenvalue weighted by Gasteiger charge is 2.56. The van der Waals surface area contributed by atoms with Gasteiger partial charge < -0.3 is 43.0 Å². The molecule has 0 amide bonds. The average molecular weight is 683 g/mol. The van der Waals surface area contributed by atoms with Crippen LogP contribution in [0.25, 0.3) is 0 Å². The van der Waals surface area contributed by atoms with E-state index in [1.54, 1.807) is 31.2 Å². The summed E-state index contributed by atoms with van der Waals surface area (Å²) in [6.45, 7) is 2.78. The minimum atomic E-state index is -1.35. The number of aliphatic hydroxyl groups is 1. The van der Waals surface area contributed by atoms with Crippen LogP contribution in [0.5, 0.6) is 0 Å². The zero-order chi connectivity index (χ0) is 34.3. The Hall–Kier alpha value is -3.97. The average Bonchev–Trinajstić information content (AvgIpc) is 3.60. The smallest absolute Gasteiger partial charge is 0.338 e. The first-order valence-corrected chi connectivity index (χ1v) is 17.0. The molecule has 3 aliphatic heterocycles. The van der Waals surface area contributed by atoms with E-state index in [0.717, 1.165) is 16.7 Å². The summed E-state index contributed by atoms with van der Waals surface area (Å²) in [4.78, 5) is 13.2. The lowest BCUT2D eigenvalue weighted by Crippen LogP contribution is -2.63. The second kappa shape index (κ2) is 16.4. The fourth-order valence-corrected chi connectivity index (χ4v) is 6.54. The third-order valence-electron chi connectivity index (χ3n) is 9.17. The molecule has 3 aliphatic rings. The van der Waals surface area contributed by atoms with E-state index in [1.807, 2.05) is 97.1 Å². The van der Waals surface area contributed by atoms with Crippen molar-refractivity contribution in [3.8, 4) is 0 Å². The highest BCUT2D eigenvalue weighted by molar-refractivity contribution is 5.89. The van der Waals surface area contributed by atoms with Gasteiger partial charge in [0.2, 0.25) is 0 Å². The van der Waals surface area contributed by atoms with Crippen molar-refractivity contribution < 1.29 is 47.8 Å². The molecular formula is C40H42O10. The molecule has 0 saturated carbocycles. The second-order valence-electron chi connectivity index (χ2n) is 12.7. The highest BCUT2D eigenvalue weighted by atomic mass is 16.8. The monoisotopic (exact) mass is 682 g/mol. The molecule has 10 nitrogen and oxygen atoms in total. The highest BCUT2D eigenvalue weighted by Crippen LogP contribution is 2.37. The molecule has 3 saturated heterocycles. The molecule has 10 heteroatoms. The van der Waals surface area contributed by atoms with Crippen molar-refractivity contribution in [2.75, 3.05) is 6.61 Å². The van der Waals surface area contributed by atoms with E-state index in [2.05, 4.69) is 0 Å². The SMILES string of the molecule is C[C@@H]1O[C@H](O[C@H]2[C@H](OCc3ccccc3)[C@@H](OCc3ccccc3)[C@@H]3OC[C@H]2O3)[C@H](O)[C@H](OCc2ccccc2)[C@H]1OC(=O)c1ccccc1. The Labute approximate surface area is 291 Å². The lowest BCUT2D eigenvalue weighted by Gasteiger charge is -2.46. The van der Waals surface area contributed by atoms with Crippen LogP contribution in [0.15, 0.2) is 121 Å². The largest absolute Gasteiger partial charge is 0.453 e. The van der Waals surface area contributed by atoms with Crippen molar-refractivity contribution in [1.82, 2.24) is 0 Å². The maximum Gasteiger partial charge on any atom is 0.338 e. The summed E-state index contributed by atoms with van der Waals surface area (Å²) in [6, 6.07) is 37.9. The Bertz CT molecular complexity index is 1630. The number of hydrogen-bond acceptors (Lipinski definition) is 10. The van der Waals surface area contributed by atoms with Gasteiger partial charge in [-0.15, -0.1) is 0 Å². The summed E-state index contributed by atoms with van der Waals surface area (Å²) in [5.41, 5.74) is 3.24. The Morgan fingerprint density at radius 3 is 1.70 bits per heavy atom. The van der Waals surface area contributed by atoms with Gasteiger partial charge >= 0.3 is 5.97 Å². The summed E-state index contributed by atoms with van der Waals surface area (Å²) in [5, 5.41) is 11.9. The molecule has 3 heterocycles. The third-order valence-corrected chi connectivity index (χ3v) is 9.17. The Kier molecular flexibility index (Phi) is 11.3. The second-order valence-corrected chi connectivity index (χ2v) is 12.7. The van der Waals surface area contributed by atoms with Crippen molar-refractivity contribution in [1.29, 1.82) is 0 Å². The van der Waals surface area contributed by atoms with Crippen LogP contribution in [0.2, 0.25) is 0 Å². The number of carbonyl (C=O) groups excluding carboxylic acids is 1. The van der Waals surface area contributed by atoms with Crippen LogP contribution in [-0.4, -0.2) is 79.1 Å². The van der Waals surface area contributed by atoms with Crippen molar-refractivity contribution in [3.05, 3.63) is 144 Å².